The summed E-state index contributed by atoms with van der Waals surface area (Å²) in [6, 6.07) is 13.6. The van der Waals surface area contributed by atoms with Crippen LogP contribution in [0.3, 0.4) is 0 Å². The largest absolute Gasteiger partial charge is 0.464 e. The van der Waals surface area contributed by atoms with Gasteiger partial charge >= 0.3 is 12.1 Å². The minimum absolute atomic E-state index is 0.210. The average molecular weight is 338 g/mol. The normalized spacial score (nSPS) is 12.7. The molecule has 0 bridgehead atoms. The third-order valence-corrected chi connectivity index (χ3v) is 3.29. The topological polar surface area (TPSA) is 35.5 Å². The fourth-order valence-corrected chi connectivity index (χ4v) is 2.24. The van der Waals surface area contributed by atoms with Crippen LogP contribution in [-0.2, 0) is 20.4 Å². The summed E-state index contributed by atoms with van der Waals surface area (Å²) in [7, 11) is 0. The van der Waals surface area contributed by atoms with Crippen molar-refractivity contribution in [3.8, 4) is 0 Å². The maximum absolute atomic E-state index is 12.9. The van der Waals surface area contributed by atoms with Crippen LogP contribution in [-0.4, -0.2) is 19.2 Å². The second-order valence-corrected chi connectivity index (χ2v) is 5.03. The molecule has 2 aromatic carbocycles. The molecule has 0 N–H and O–H groups in total. The highest BCUT2D eigenvalue weighted by atomic mass is 19.4. The Hall–Kier alpha value is -2.34. The van der Waals surface area contributed by atoms with Crippen LogP contribution >= 0.6 is 0 Å². The Bertz CT molecular complexity index is 669. The van der Waals surface area contributed by atoms with Gasteiger partial charge in [-0.15, -0.1) is 0 Å². The number of esters is 1. The summed E-state index contributed by atoms with van der Waals surface area (Å²) < 4.78 is 49.2. The molecule has 0 aromatic heterocycles. The lowest BCUT2D eigenvalue weighted by Crippen LogP contribution is -2.17. The van der Waals surface area contributed by atoms with Crippen LogP contribution < -0.4 is 0 Å². The van der Waals surface area contributed by atoms with Gasteiger partial charge in [0, 0.05) is 0 Å². The molecule has 0 amide bonds. The smallest absolute Gasteiger partial charge is 0.416 e. The number of alkyl halides is 3. The first-order valence-electron chi connectivity index (χ1n) is 7.41. The molecule has 0 aliphatic heterocycles. The van der Waals surface area contributed by atoms with Crippen LogP contribution in [0.1, 0.15) is 29.7 Å². The zero-order chi connectivity index (χ0) is 17.6. The molecule has 0 aliphatic carbocycles. The molecule has 0 aliphatic rings. The first kappa shape index (κ1) is 18.0. The summed E-state index contributed by atoms with van der Waals surface area (Å²) >= 11 is 0. The average Bonchev–Trinajstić information content (AvgIpc) is 2.56. The number of hydrogen-bond acceptors (Lipinski definition) is 3. The van der Waals surface area contributed by atoms with Crippen molar-refractivity contribution in [1.29, 1.82) is 0 Å². The molecule has 3 nitrogen and oxygen atoms in total. The van der Waals surface area contributed by atoms with E-state index in [9.17, 15) is 18.0 Å². The van der Waals surface area contributed by atoms with Gasteiger partial charge in [-0.25, -0.2) is 4.79 Å². The van der Waals surface area contributed by atoms with Gasteiger partial charge in [0.1, 0.15) is 12.7 Å². The Morgan fingerprint density at radius 2 is 1.71 bits per heavy atom. The predicted octanol–water partition coefficient (Wildman–Crippen LogP) is 4.37. The molecule has 0 fully saturated rings. The van der Waals surface area contributed by atoms with Gasteiger partial charge in [-0.2, -0.15) is 13.2 Å². The number of benzene rings is 2. The molecule has 0 radical (unpaired) electrons. The maximum atomic E-state index is 12.9. The molecule has 0 spiro atoms. The van der Waals surface area contributed by atoms with Gasteiger partial charge in [-0.3, -0.25) is 0 Å². The van der Waals surface area contributed by atoms with E-state index in [0.717, 1.165) is 12.1 Å². The van der Waals surface area contributed by atoms with Crippen molar-refractivity contribution in [1.82, 2.24) is 0 Å². The molecule has 0 saturated carbocycles. The number of hydrogen-bond donors (Lipinski definition) is 0. The molecule has 2 rings (SSSR count). The Balaban J connectivity index is 2.31. The van der Waals surface area contributed by atoms with Gasteiger partial charge in [-0.1, -0.05) is 42.5 Å². The molecular weight excluding hydrogens is 321 g/mol. The summed E-state index contributed by atoms with van der Waals surface area (Å²) in [5.74, 6) is -0.564. The van der Waals surface area contributed by atoms with Gasteiger partial charge in [0.15, 0.2) is 0 Å². The van der Waals surface area contributed by atoms with E-state index in [1.165, 1.54) is 12.1 Å². The van der Waals surface area contributed by atoms with Gasteiger partial charge in [0.05, 0.1) is 12.2 Å². The Labute approximate surface area is 138 Å². The number of ether oxygens (including phenoxy) is 2. The summed E-state index contributed by atoms with van der Waals surface area (Å²) in [5.41, 5.74) is 0.210. The maximum Gasteiger partial charge on any atom is 0.416 e. The number of rotatable bonds is 6. The van der Waals surface area contributed by atoms with E-state index < -0.39 is 23.8 Å². The van der Waals surface area contributed by atoms with Gasteiger partial charge in [-0.05, 0) is 30.2 Å². The fraction of sp³-hybridized carbons (Fsp3) is 0.278. The van der Waals surface area contributed by atoms with Crippen LogP contribution in [0, 0.1) is 0 Å². The van der Waals surface area contributed by atoms with E-state index in [-0.39, 0.29) is 13.2 Å². The van der Waals surface area contributed by atoms with Crippen LogP contribution in [0.2, 0.25) is 0 Å². The highest BCUT2D eigenvalue weighted by molar-refractivity contribution is 5.70. The van der Waals surface area contributed by atoms with Crippen molar-refractivity contribution in [2.45, 2.75) is 19.2 Å². The Morgan fingerprint density at radius 1 is 1.04 bits per heavy atom. The number of carbonyl (C=O) groups is 1. The lowest BCUT2D eigenvalue weighted by Gasteiger charge is -2.19. The highest BCUT2D eigenvalue weighted by Crippen LogP contribution is 2.33. The van der Waals surface area contributed by atoms with Crippen molar-refractivity contribution < 1.29 is 27.4 Å². The molecule has 6 heteroatoms. The van der Waals surface area contributed by atoms with Gasteiger partial charge in [0.2, 0.25) is 0 Å². The molecular formula is C18H17F3O3. The third kappa shape index (κ3) is 4.83. The minimum atomic E-state index is -4.45. The van der Waals surface area contributed by atoms with Crippen molar-refractivity contribution in [3.63, 3.8) is 0 Å². The van der Waals surface area contributed by atoms with Crippen molar-refractivity contribution >= 4 is 5.97 Å². The first-order chi connectivity index (χ1) is 11.4. The third-order valence-electron chi connectivity index (χ3n) is 3.29. The quantitative estimate of drug-likeness (QED) is 0.734. The molecule has 0 heterocycles. The predicted molar refractivity (Wildman–Crippen MR) is 82.3 cm³/mol. The van der Waals surface area contributed by atoms with Crippen molar-refractivity contribution in [3.05, 3.63) is 71.3 Å². The fourth-order valence-electron chi connectivity index (χ4n) is 2.24. The standard InChI is InChI=1S/C18H17F3O3/c1-2-23-16(22)12-24-17(13-7-4-3-5-8-13)14-9-6-10-15(11-14)18(19,20)21/h3-11,17H,2,12H2,1H3. The molecule has 24 heavy (non-hydrogen) atoms. The first-order valence-corrected chi connectivity index (χ1v) is 7.41. The molecule has 1 atom stereocenters. The van der Waals surface area contributed by atoms with E-state index in [0.29, 0.717) is 11.1 Å². The number of halogens is 3. The molecule has 2 aromatic rings. The Morgan fingerprint density at radius 3 is 2.33 bits per heavy atom. The Kier molecular flexibility index (Phi) is 5.98. The van der Waals surface area contributed by atoms with Gasteiger partial charge < -0.3 is 9.47 Å². The SMILES string of the molecule is CCOC(=O)COC(c1ccccc1)c1cccc(C(F)(F)F)c1. The van der Waals surface area contributed by atoms with Gasteiger partial charge in [0.25, 0.3) is 0 Å². The lowest BCUT2D eigenvalue weighted by atomic mass is 9.99. The van der Waals surface area contributed by atoms with Crippen molar-refractivity contribution in [2.75, 3.05) is 13.2 Å². The second kappa shape index (κ2) is 7.97. The van der Waals surface area contributed by atoms with Crippen LogP contribution in [0.4, 0.5) is 13.2 Å². The summed E-state index contributed by atoms with van der Waals surface area (Å²) in [5, 5.41) is 0. The highest BCUT2D eigenvalue weighted by Gasteiger charge is 2.31. The molecule has 0 saturated heterocycles. The van der Waals surface area contributed by atoms with Crippen molar-refractivity contribution in [2.24, 2.45) is 0 Å². The van der Waals surface area contributed by atoms with E-state index in [4.69, 9.17) is 9.47 Å². The van der Waals surface area contributed by atoms with E-state index in [1.54, 1.807) is 37.3 Å². The minimum Gasteiger partial charge on any atom is -0.464 e. The molecule has 128 valence electrons. The summed E-state index contributed by atoms with van der Waals surface area (Å²) in [4.78, 5) is 11.5. The zero-order valence-corrected chi connectivity index (χ0v) is 13.0. The van der Waals surface area contributed by atoms with Crippen LogP contribution in [0.5, 0.6) is 0 Å². The lowest BCUT2D eigenvalue weighted by molar-refractivity contribution is -0.150. The van der Waals surface area contributed by atoms with E-state index >= 15 is 0 Å². The number of carbonyl (C=O) groups excluding carboxylic acids is 1. The monoisotopic (exact) mass is 338 g/mol. The van der Waals surface area contributed by atoms with E-state index in [2.05, 4.69) is 0 Å². The van der Waals surface area contributed by atoms with Crippen LogP contribution in [0.15, 0.2) is 54.6 Å². The zero-order valence-electron chi connectivity index (χ0n) is 13.0. The summed E-state index contributed by atoms with van der Waals surface area (Å²) in [6.45, 7) is 1.53. The molecule has 1 unspecified atom stereocenters. The summed E-state index contributed by atoms with van der Waals surface area (Å²) in [6.07, 6.45) is -5.24. The van der Waals surface area contributed by atoms with Crippen LogP contribution in [0.25, 0.3) is 0 Å². The van der Waals surface area contributed by atoms with E-state index in [1.807, 2.05) is 0 Å². The second-order valence-electron chi connectivity index (χ2n) is 5.03.